The van der Waals surface area contributed by atoms with Crippen LogP contribution >= 0.6 is 23.7 Å². The minimum absolute atomic E-state index is 0. The summed E-state index contributed by atoms with van der Waals surface area (Å²) < 4.78 is 0. The molecule has 0 fully saturated rings. The molecule has 1 aromatic heterocycles. The van der Waals surface area contributed by atoms with Gasteiger partial charge in [0.1, 0.15) is 0 Å². The summed E-state index contributed by atoms with van der Waals surface area (Å²) in [6, 6.07) is 2.08. The first-order valence-corrected chi connectivity index (χ1v) is 8.28. The number of hydrogen-bond acceptors (Lipinski definition) is 4. The van der Waals surface area contributed by atoms with E-state index >= 15 is 0 Å². The smallest absolute Gasteiger partial charge is 0.223 e. The Labute approximate surface area is 141 Å². The number of halogens is 1. The zero-order valence-electron chi connectivity index (χ0n) is 12.8. The summed E-state index contributed by atoms with van der Waals surface area (Å²) in [6.07, 6.45) is 1.46. The summed E-state index contributed by atoms with van der Waals surface area (Å²) in [7, 11) is 0. The third-order valence-electron chi connectivity index (χ3n) is 3.78. The number of nitrogens with zero attached hydrogens (tertiary/aromatic N) is 1. The van der Waals surface area contributed by atoms with Gasteiger partial charge in [0.15, 0.2) is 0 Å². The van der Waals surface area contributed by atoms with Crippen LogP contribution in [-0.4, -0.2) is 36.3 Å². The van der Waals surface area contributed by atoms with E-state index in [0.29, 0.717) is 19.6 Å². The monoisotopic (exact) mass is 345 g/mol. The number of nitrogens with two attached hydrogens (primary N) is 1. The van der Waals surface area contributed by atoms with Crippen molar-refractivity contribution < 1.29 is 9.59 Å². The van der Waals surface area contributed by atoms with Crippen LogP contribution in [0.25, 0.3) is 0 Å². The first-order chi connectivity index (χ1) is 10.1. The molecule has 2 rings (SSSR count). The van der Waals surface area contributed by atoms with E-state index in [4.69, 9.17) is 5.73 Å². The van der Waals surface area contributed by atoms with Gasteiger partial charge in [0, 0.05) is 37.4 Å². The Morgan fingerprint density at radius 2 is 2.23 bits per heavy atom. The normalized spacial score (nSPS) is 14.7. The average molecular weight is 346 g/mol. The second-order valence-electron chi connectivity index (χ2n) is 5.58. The van der Waals surface area contributed by atoms with Crippen molar-refractivity contribution in [1.29, 1.82) is 0 Å². The quantitative estimate of drug-likeness (QED) is 0.821. The van der Waals surface area contributed by atoms with E-state index in [1.165, 1.54) is 10.4 Å². The predicted molar refractivity (Wildman–Crippen MR) is 91.2 cm³/mol. The minimum atomic E-state index is -0.0723. The number of fused-ring (bicyclic) bond motifs is 1. The van der Waals surface area contributed by atoms with Crippen LogP contribution in [0.4, 0.5) is 0 Å². The molecule has 3 N–H and O–H groups in total. The van der Waals surface area contributed by atoms with Crippen molar-refractivity contribution >= 4 is 35.6 Å². The first-order valence-electron chi connectivity index (χ1n) is 7.40. The molecule has 0 bridgehead atoms. The Kier molecular flexibility index (Phi) is 7.85. The van der Waals surface area contributed by atoms with Crippen LogP contribution in [0.1, 0.15) is 30.2 Å². The highest BCUT2D eigenvalue weighted by Gasteiger charge is 2.21. The Morgan fingerprint density at radius 3 is 2.95 bits per heavy atom. The van der Waals surface area contributed by atoms with E-state index in [-0.39, 0.29) is 43.0 Å². The average Bonchev–Trinajstić information content (AvgIpc) is 2.97. The van der Waals surface area contributed by atoms with E-state index in [0.717, 1.165) is 13.0 Å². The molecule has 5 nitrogen and oxygen atoms in total. The molecule has 1 aromatic rings. The summed E-state index contributed by atoms with van der Waals surface area (Å²) in [5.41, 5.74) is 6.75. The Balaban J connectivity index is 0.00000242. The summed E-state index contributed by atoms with van der Waals surface area (Å²) in [6.45, 7) is 4.56. The second-order valence-corrected chi connectivity index (χ2v) is 6.58. The van der Waals surface area contributed by atoms with E-state index in [1.54, 1.807) is 11.3 Å². The van der Waals surface area contributed by atoms with Crippen LogP contribution in [0.3, 0.4) is 0 Å². The highest BCUT2D eigenvalue weighted by Crippen LogP contribution is 2.24. The zero-order valence-corrected chi connectivity index (χ0v) is 14.5. The van der Waals surface area contributed by atoms with Crippen LogP contribution in [0.5, 0.6) is 0 Å². The number of carbonyl (C=O) groups is 2. The Bertz CT molecular complexity index is 507. The van der Waals surface area contributed by atoms with Gasteiger partial charge in [0.05, 0.1) is 0 Å². The lowest BCUT2D eigenvalue weighted by Gasteiger charge is -2.27. The standard InChI is InChI=1S/C15H23N3O2S.ClH/c1-11(8-16)9-17-14(19)2-3-15(20)18-6-4-13-12(10-18)5-7-21-13;/h5,7,11H,2-4,6,8-10,16H2,1H3,(H,17,19);1H. The SMILES string of the molecule is CC(CN)CNC(=O)CCC(=O)N1CCc2sccc2C1.Cl. The largest absolute Gasteiger partial charge is 0.356 e. The van der Waals surface area contributed by atoms with Crippen molar-refractivity contribution in [3.8, 4) is 0 Å². The molecule has 2 heterocycles. The number of amides is 2. The molecule has 0 spiro atoms. The summed E-state index contributed by atoms with van der Waals surface area (Å²) in [5, 5.41) is 4.89. The second kappa shape index (κ2) is 9.12. The van der Waals surface area contributed by atoms with Gasteiger partial charge in [0.2, 0.25) is 11.8 Å². The Morgan fingerprint density at radius 1 is 1.45 bits per heavy atom. The molecular weight excluding hydrogens is 322 g/mol. The van der Waals surface area contributed by atoms with Crippen molar-refractivity contribution in [2.45, 2.75) is 32.7 Å². The van der Waals surface area contributed by atoms with Crippen molar-refractivity contribution in [3.05, 3.63) is 21.9 Å². The number of hydrogen-bond donors (Lipinski definition) is 2. The Hall–Kier alpha value is -1.11. The topological polar surface area (TPSA) is 75.4 Å². The molecule has 124 valence electrons. The van der Waals surface area contributed by atoms with E-state index in [9.17, 15) is 9.59 Å². The van der Waals surface area contributed by atoms with Crippen molar-refractivity contribution in [1.82, 2.24) is 10.2 Å². The molecule has 1 unspecified atom stereocenters. The van der Waals surface area contributed by atoms with Gasteiger partial charge in [-0.05, 0) is 35.9 Å². The van der Waals surface area contributed by atoms with Gasteiger partial charge in [-0.2, -0.15) is 0 Å². The maximum Gasteiger partial charge on any atom is 0.223 e. The number of carbonyl (C=O) groups excluding carboxylic acids is 2. The number of rotatable bonds is 6. The molecule has 0 aliphatic carbocycles. The summed E-state index contributed by atoms with van der Waals surface area (Å²) in [5.74, 6) is 0.259. The van der Waals surface area contributed by atoms with Gasteiger partial charge in [-0.25, -0.2) is 0 Å². The molecule has 0 saturated carbocycles. The molecule has 7 heteroatoms. The van der Waals surface area contributed by atoms with Crippen LogP contribution in [0, 0.1) is 5.92 Å². The third kappa shape index (κ3) is 5.26. The van der Waals surface area contributed by atoms with Crippen molar-refractivity contribution in [3.63, 3.8) is 0 Å². The van der Waals surface area contributed by atoms with Gasteiger partial charge >= 0.3 is 0 Å². The summed E-state index contributed by atoms with van der Waals surface area (Å²) in [4.78, 5) is 27.1. The highest BCUT2D eigenvalue weighted by molar-refractivity contribution is 7.10. The van der Waals surface area contributed by atoms with Gasteiger partial charge in [-0.15, -0.1) is 23.7 Å². The molecule has 22 heavy (non-hydrogen) atoms. The van der Waals surface area contributed by atoms with E-state index < -0.39 is 0 Å². The van der Waals surface area contributed by atoms with Gasteiger partial charge in [-0.1, -0.05) is 6.92 Å². The van der Waals surface area contributed by atoms with Gasteiger partial charge < -0.3 is 16.0 Å². The molecule has 0 aromatic carbocycles. The van der Waals surface area contributed by atoms with Gasteiger partial charge in [0.25, 0.3) is 0 Å². The molecule has 2 amide bonds. The predicted octanol–water partition coefficient (Wildman–Crippen LogP) is 1.55. The lowest BCUT2D eigenvalue weighted by molar-refractivity contribution is -0.134. The molecule has 1 atom stereocenters. The maximum absolute atomic E-state index is 12.2. The lowest BCUT2D eigenvalue weighted by atomic mass is 10.1. The lowest BCUT2D eigenvalue weighted by Crippen LogP contribution is -2.36. The summed E-state index contributed by atoms with van der Waals surface area (Å²) >= 11 is 1.76. The first kappa shape index (κ1) is 18.9. The molecule has 1 aliphatic rings. The highest BCUT2D eigenvalue weighted by atomic mass is 35.5. The molecule has 0 radical (unpaired) electrons. The fourth-order valence-electron chi connectivity index (χ4n) is 2.30. The van der Waals surface area contributed by atoms with Crippen LogP contribution in [0.2, 0.25) is 0 Å². The zero-order chi connectivity index (χ0) is 15.2. The maximum atomic E-state index is 12.2. The minimum Gasteiger partial charge on any atom is -0.356 e. The van der Waals surface area contributed by atoms with E-state index in [2.05, 4.69) is 16.8 Å². The van der Waals surface area contributed by atoms with Crippen molar-refractivity contribution in [2.24, 2.45) is 11.7 Å². The molecular formula is C15H24ClN3O2S. The van der Waals surface area contributed by atoms with Crippen molar-refractivity contribution in [2.75, 3.05) is 19.6 Å². The molecule has 0 saturated heterocycles. The molecule has 1 aliphatic heterocycles. The van der Waals surface area contributed by atoms with Gasteiger partial charge in [-0.3, -0.25) is 9.59 Å². The third-order valence-corrected chi connectivity index (χ3v) is 4.80. The number of nitrogens with one attached hydrogen (secondary N) is 1. The van der Waals surface area contributed by atoms with Crippen LogP contribution < -0.4 is 11.1 Å². The van der Waals surface area contributed by atoms with Crippen LogP contribution in [0.15, 0.2) is 11.4 Å². The van der Waals surface area contributed by atoms with E-state index in [1.807, 2.05) is 11.8 Å². The number of thiophene rings is 1. The fraction of sp³-hybridized carbons (Fsp3) is 0.600. The fourth-order valence-corrected chi connectivity index (χ4v) is 3.19. The van der Waals surface area contributed by atoms with Crippen LogP contribution in [-0.2, 0) is 22.6 Å².